The molecule has 0 nitrogen and oxygen atoms in total. The van der Waals surface area contributed by atoms with Crippen molar-refractivity contribution in [3.63, 3.8) is 0 Å². The summed E-state index contributed by atoms with van der Waals surface area (Å²) in [5, 5.41) is 3.66. The zero-order valence-corrected chi connectivity index (χ0v) is 22.5. The van der Waals surface area contributed by atoms with Gasteiger partial charge in [-0.15, -0.1) is 0 Å². The van der Waals surface area contributed by atoms with Crippen LogP contribution in [-0.4, -0.2) is 29.8 Å². The molecule has 0 aliphatic carbocycles. The average molecular weight is 454 g/mol. The van der Waals surface area contributed by atoms with E-state index in [0.717, 1.165) is 46.3 Å². The van der Waals surface area contributed by atoms with Crippen molar-refractivity contribution >= 4 is 26.5 Å². The molecule has 0 amide bonds. The van der Waals surface area contributed by atoms with Crippen LogP contribution >= 0.6 is 15.8 Å². The van der Waals surface area contributed by atoms with Crippen molar-refractivity contribution in [2.24, 2.45) is 23.7 Å². The summed E-state index contributed by atoms with van der Waals surface area (Å²) in [6.45, 7) is 19.9. The number of rotatable bonds is 6. The molecule has 0 aromatic heterocycles. The van der Waals surface area contributed by atoms with E-state index in [4.69, 9.17) is 1.37 Å². The lowest BCUT2D eigenvalue weighted by Gasteiger charge is -2.37. The minimum Gasteiger partial charge on any atom is -0.255 e. The summed E-state index contributed by atoms with van der Waals surface area (Å²) in [7, 11) is -1.09. The second-order valence-corrected chi connectivity index (χ2v) is 15.9. The molecule has 0 spiro atoms. The molecule has 0 unspecified atom stereocenters. The highest BCUT2D eigenvalue weighted by Gasteiger charge is 2.44. The zero-order chi connectivity index (χ0) is 23.3. The Balaban J connectivity index is 0.00000107. The molecule has 0 bridgehead atoms. The number of alkyl halides is 1. The highest BCUT2D eigenvalue weighted by molar-refractivity contribution is 7.73. The first-order chi connectivity index (χ1) is 14.6. The number of hydrogen-bond acceptors (Lipinski definition) is 0. The first-order valence-electron chi connectivity index (χ1n) is 12.9. The van der Waals surface area contributed by atoms with E-state index in [1.807, 2.05) is 10.6 Å². The quantitative estimate of drug-likeness (QED) is 0.381. The molecule has 2 aliphatic rings. The van der Waals surface area contributed by atoms with Crippen molar-refractivity contribution in [3.8, 4) is 0 Å². The van der Waals surface area contributed by atoms with Gasteiger partial charge in [-0.2, -0.15) is 0 Å². The number of benzene rings is 1. The van der Waals surface area contributed by atoms with Crippen molar-refractivity contribution in [1.82, 2.24) is 0 Å². The van der Waals surface area contributed by atoms with Crippen molar-refractivity contribution in [2.45, 2.75) is 104 Å². The molecule has 172 valence electrons. The molecule has 2 saturated heterocycles. The van der Waals surface area contributed by atoms with E-state index in [9.17, 15) is 4.39 Å². The van der Waals surface area contributed by atoms with Crippen LogP contribution in [0.25, 0.3) is 0 Å². The van der Waals surface area contributed by atoms with Gasteiger partial charge in [-0.05, 0) is 82.6 Å². The Bertz CT molecular complexity index is 573. The van der Waals surface area contributed by atoms with Gasteiger partial charge in [0.25, 0.3) is 0 Å². The van der Waals surface area contributed by atoms with Crippen LogP contribution in [0.5, 0.6) is 0 Å². The van der Waals surface area contributed by atoms with E-state index in [0.29, 0.717) is 0 Å². The number of hydrogen-bond donors (Lipinski definition) is 0. The maximum Gasteiger partial charge on any atom is 0.0785 e. The van der Waals surface area contributed by atoms with Crippen LogP contribution in [0.2, 0.25) is 0 Å². The second kappa shape index (κ2) is 11.8. The van der Waals surface area contributed by atoms with Gasteiger partial charge < -0.3 is 0 Å². The third-order valence-corrected chi connectivity index (χ3v) is 15.8. The molecule has 0 N–H and O–H groups in total. The topological polar surface area (TPSA) is 0 Å². The van der Waals surface area contributed by atoms with Crippen LogP contribution in [0.4, 0.5) is 4.39 Å². The molecular weight excluding hydrogens is 405 g/mol. The normalized spacial score (nSPS) is 28.5. The molecule has 1 aromatic rings. The monoisotopic (exact) mass is 453 g/mol. The van der Waals surface area contributed by atoms with Crippen LogP contribution in [0, 0.1) is 23.7 Å². The SMILES string of the molecule is CC(C)[C@@H]1CC[C@@H](C(C)C)P1c1ccccc1P1[C@H](C(C)C)CC[C@H]1C(C)C.[2H]CF. The molecule has 4 atom stereocenters. The van der Waals surface area contributed by atoms with E-state index >= 15 is 0 Å². The molecular formula is C27H47FP2. The van der Waals surface area contributed by atoms with Crippen molar-refractivity contribution in [2.75, 3.05) is 7.15 Å². The van der Waals surface area contributed by atoms with Gasteiger partial charge in [-0.1, -0.05) is 95.5 Å². The Morgan fingerprint density at radius 2 is 0.900 bits per heavy atom. The molecule has 3 rings (SSSR count). The second-order valence-electron chi connectivity index (χ2n) is 10.7. The van der Waals surface area contributed by atoms with Crippen LogP contribution in [0.15, 0.2) is 24.3 Å². The fourth-order valence-electron chi connectivity index (χ4n) is 5.96. The van der Waals surface area contributed by atoms with Crippen LogP contribution in [0.1, 0.15) is 82.4 Å². The molecule has 2 fully saturated rings. The van der Waals surface area contributed by atoms with Crippen molar-refractivity contribution in [3.05, 3.63) is 24.3 Å². The van der Waals surface area contributed by atoms with E-state index in [1.54, 1.807) is 0 Å². The Morgan fingerprint density at radius 3 is 1.10 bits per heavy atom. The molecule has 1 aromatic carbocycles. The Labute approximate surface area is 191 Å². The third-order valence-electron chi connectivity index (χ3n) is 7.46. The summed E-state index contributed by atoms with van der Waals surface area (Å²) in [5.41, 5.74) is 3.71. The van der Waals surface area contributed by atoms with E-state index in [1.165, 1.54) is 25.7 Å². The van der Waals surface area contributed by atoms with Gasteiger partial charge in [-0.25, -0.2) is 0 Å². The van der Waals surface area contributed by atoms with Gasteiger partial charge in [0.15, 0.2) is 0 Å². The largest absolute Gasteiger partial charge is 0.255 e. The molecule has 0 saturated carbocycles. The maximum absolute atomic E-state index is 9.96. The summed E-state index contributed by atoms with van der Waals surface area (Å²) in [6, 6.07) is 9.86. The summed E-state index contributed by atoms with van der Waals surface area (Å²) < 4.78 is 15.5. The van der Waals surface area contributed by atoms with Gasteiger partial charge in [0.1, 0.15) is 0 Å². The van der Waals surface area contributed by atoms with Gasteiger partial charge >= 0.3 is 0 Å². The fourth-order valence-corrected chi connectivity index (χ4v) is 14.5. The Kier molecular flexibility index (Phi) is 9.65. The van der Waals surface area contributed by atoms with Gasteiger partial charge in [-0.3, -0.25) is 4.39 Å². The first kappa shape index (κ1) is 24.6. The van der Waals surface area contributed by atoms with Crippen molar-refractivity contribution < 1.29 is 5.76 Å². The summed E-state index contributed by atoms with van der Waals surface area (Å²) in [4.78, 5) is 0. The minimum atomic E-state index is -1.00. The van der Waals surface area contributed by atoms with E-state index in [-0.39, 0.29) is 15.8 Å². The Morgan fingerprint density at radius 1 is 0.667 bits per heavy atom. The summed E-state index contributed by atoms with van der Waals surface area (Å²) >= 11 is 0. The van der Waals surface area contributed by atoms with Gasteiger partial charge in [0.2, 0.25) is 0 Å². The van der Waals surface area contributed by atoms with Crippen LogP contribution < -0.4 is 10.6 Å². The summed E-state index contributed by atoms with van der Waals surface area (Å²) in [6.07, 6.45) is 5.83. The van der Waals surface area contributed by atoms with Crippen molar-refractivity contribution in [1.29, 1.82) is 0 Å². The zero-order valence-electron chi connectivity index (χ0n) is 21.7. The standard InChI is InChI=1S/C26H44P2.CH3F/c1-17(2)21-13-14-22(18(3)4)27(21)25-11-9-10-12-26(25)28-23(19(5)6)15-16-24(28)20(7)8;1-2/h9-12,17-24H,13-16H2,1-8H3;1H3/t21-,22-,23-,24-;/m0./s1/i;1D. The third kappa shape index (κ3) is 5.49. The smallest absolute Gasteiger partial charge is 0.0785 e. The molecule has 2 aliphatic heterocycles. The lowest BCUT2D eigenvalue weighted by atomic mass is 10.0. The number of halogens is 1. The molecule has 0 radical (unpaired) electrons. The highest BCUT2D eigenvalue weighted by Crippen LogP contribution is 2.63. The molecule has 3 heteroatoms. The Hall–Kier alpha value is 0.01000. The molecule has 30 heavy (non-hydrogen) atoms. The highest BCUT2D eigenvalue weighted by atomic mass is 31.1. The predicted molar refractivity (Wildman–Crippen MR) is 140 cm³/mol. The maximum atomic E-state index is 9.96. The van der Waals surface area contributed by atoms with Gasteiger partial charge in [0.05, 0.1) is 8.52 Å². The predicted octanol–water partition coefficient (Wildman–Crippen LogP) is 8.17. The van der Waals surface area contributed by atoms with Crippen LogP contribution in [-0.2, 0) is 0 Å². The van der Waals surface area contributed by atoms with E-state index in [2.05, 4.69) is 79.7 Å². The lowest BCUT2D eigenvalue weighted by Crippen LogP contribution is -2.34. The van der Waals surface area contributed by atoms with Crippen LogP contribution in [0.3, 0.4) is 0 Å². The minimum absolute atomic E-state index is 0.0433. The lowest BCUT2D eigenvalue weighted by molar-refractivity contribution is 0.543. The summed E-state index contributed by atoms with van der Waals surface area (Å²) in [5.74, 6) is 3.28. The molecule has 2 heterocycles. The van der Waals surface area contributed by atoms with Gasteiger partial charge in [0, 0.05) is 0 Å². The first-order valence-corrected chi connectivity index (χ1v) is 15.1. The average Bonchev–Trinajstić information content (AvgIpc) is 3.33. The fraction of sp³-hybridized carbons (Fsp3) is 0.778. The van der Waals surface area contributed by atoms with E-state index < -0.39 is 7.15 Å².